The van der Waals surface area contributed by atoms with Crippen molar-refractivity contribution < 1.29 is 4.79 Å². The number of aromatic amines is 1. The Morgan fingerprint density at radius 1 is 1.47 bits per heavy atom. The third-order valence-corrected chi connectivity index (χ3v) is 3.32. The predicted octanol–water partition coefficient (Wildman–Crippen LogP) is 1.68. The zero-order valence-corrected chi connectivity index (χ0v) is 10.2. The highest BCUT2D eigenvalue weighted by molar-refractivity contribution is 5.92. The number of nitrogens with one attached hydrogen (secondary N) is 2. The number of carbonyl (C=O) groups is 1. The van der Waals surface area contributed by atoms with Gasteiger partial charge in [-0.2, -0.15) is 0 Å². The van der Waals surface area contributed by atoms with Gasteiger partial charge in [-0.25, -0.2) is 0 Å². The number of hydrogen-bond acceptors (Lipinski definition) is 2. The van der Waals surface area contributed by atoms with Crippen LogP contribution in [0.25, 0.3) is 0 Å². The lowest BCUT2D eigenvalue weighted by atomic mass is 9.92. The largest absolute Gasteiger partial charge is 0.348 e. The summed E-state index contributed by atoms with van der Waals surface area (Å²) in [5.74, 6) is -0.189. The number of rotatable bonds is 2. The molecule has 1 aliphatic rings. The van der Waals surface area contributed by atoms with Crippen LogP contribution in [-0.2, 0) is 0 Å². The van der Waals surface area contributed by atoms with Crippen molar-refractivity contribution in [2.24, 2.45) is 5.41 Å². The van der Waals surface area contributed by atoms with Crippen molar-refractivity contribution in [2.75, 3.05) is 0 Å². The summed E-state index contributed by atoms with van der Waals surface area (Å²) in [5, 5.41) is 2.97. The molecule has 1 aromatic rings. The van der Waals surface area contributed by atoms with E-state index >= 15 is 0 Å². The van der Waals surface area contributed by atoms with E-state index in [9.17, 15) is 9.59 Å². The van der Waals surface area contributed by atoms with E-state index in [0.717, 1.165) is 19.3 Å². The second kappa shape index (κ2) is 4.35. The molecule has 1 unspecified atom stereocenters. The first-order valence-corrected chi connectivity index (χ1v) is 5.96. The molecule has 0 saturated heterocycles. The van der Waals surface area contributed by atoms with Crippen LogP contribution in [0.1, 0.15) is 43.6 Å². The van der Waals surface area contributed by atoms with Gasteiger partial charge in [0, 0.05) is 12.1 Å². The number of aromatic nitrogens is 1. The van der Waals surface area contributed by atoms with Gasteiger partial charge in [0.2, 0.25) is 5.56 Å². The molecule has 0 radical (unpaired) electrons. The van der Waals surface area contributed by atoms with Crippen LogP contribution in [0.2, 0.25) is 0 Å². The number of pyridine rings is 1. The topological polar surface area (TPSA) is 62.0 Å². The molecule has 0 spiro atoms. The van der Waals surface area contributed by atoms with Gasteiger partial charge < -0.3 is 10.3 Å². The Morgan fingerprint density at radius 2 is 2.24 bits per heavy atom. The molecular weight excluding hydrogens is 216 g/mol. The number of carbonyl (C=O) groups excluding carboxylic acids is 1. The maximum atomic E-state index is 11.9. The van der Waals surface area contributed by atoms with Crippen molar-refractivity contribution in [3.05, 3.63) is 34.2 Å². The first kappa shape index (κ1) is 11.9. The third kappa shape index (κ3) is 2.96. The Kier molecular flexibility index (Phi) is 3.05. The summed E-state index contributed by atoms with van der Waals surface area (Å²) >= 11 is 0. The summed E-state index contributed by atoms with van der Waals surface area (Å²) in [5.41, 5.74) is 0.397. The van der Waals surface area contributed by atoms with Gasteiger partial charge in [0.1, 0.15) is 5.69 Å². The Bertz CT molecular complexity index is 476. The van der Waals surface area contributed by atoms with Crippen molar-refractivity contribution >= 4 is 5.91 Å². The molecule has 2 rings (SSSR count). The fraction of sp³-hybridized carbons (Fsp3) is 0.538. The monoisotopic (exact) mass is 234 g/mol. The minimum atomic E-state index is -0.246. The van der Waals surface area contributed by atoms with Crippen LogP contribution in [0, 0.1) is 5.41 Å². The summed E-state index contributed by atoms with van der Waals surface area (Å²) in [6, 6.07) is 4.83. The van der Waals surface area contributed by atoms with Gasteiger partial charge in [0.05, 0.1) is 0 Å². The smallest absolute Gasteiger partial charge is 0.268 e. The van der Waals surface area contributed by atoms with Crippen LogP contribution in [0.15, 0.2) is 23.0 Å². The molecule has 0 aromatic carbocycles. The Balaban J connectivity index is 2.01. The highest BCUT2D eigenvalue weighted by Crippen LogP contribution is 2.36. The highest BCUT2D eigenvalue weighted by Gasteiger charge is 2.31. The van der Waals surface area contributed by atoms with E-state index < -0.39 is 0 Å². The molecule has 4 nitrogen and oxygen atoms in total. The maximum absolute atomic E-state index is 11.9. The van der Waals surface area contributed by atoms with Crippen molar-refractivity contribution in [3.63, 3.8) is 0 Å². The van der Waals surface area contributed by atoms with E-state index in [1.54, 1.807) is 12.1 Å². The van der Waals surface area contributed by atoms with Crippen molar-refractivity contribution in [1.82, 2.24) is 10.3 Å². The average molecular weight is 234 g/mol. The molecule has 17 heavy (non-hydrogen) atoms. The first-order valence-electron chi connectivity index (χ1n) is 5.96. The fourth-order valence-corrected chi connectivity index (χ4v) is 2.40. The Morgan fingerprint density at radius 3 is 2.82 bits per heavy atom. The third-order valence-electron chi connectivity index (χ3n) is 3.32. The summed E-state index contributed by atoms with van der Waals surface area (Å²) in [6.45, 7) is 4.42. The van der Waals surface area contributed by atoms with E-state index in [1.807, 2.05) is 0 Å². The molecule has 2 N–H and O–H groups in total. The van der Waals surface area contributed by atoms with Gasteiger partial charge in [-0.3, -0.25) is 9.59 Å². The van der Waals surface area contributed by atoms with E-state index in [1.165, 1.54) is 6.07 Å². The van der Waals surface area contributed by atoms with E-state index in [-0.39, 0.29) is 17.5 Å². The number of H-pyrrole nitrogens is 1. The average Bonchev–Trinajstić information content (AvgIpc) is 2.58. The molecule has 0 bridgehead atoms. The lowest BCUT2D eigenvalue weighted by Gasteiger charge is -2.17. The van der Waals surface area contributed by atoms with E-state index in [0.29, 0.717) is 11.1 Å². The lowest BCUT2D eigenvalue weighted by molar-refractivity contribution is 0.0930. The molecule has 1 atom stereocenters. The molecule has 92 valence electrons. The SMILES string of the molecule is CC1(C)CCC(NC(=O)c2cccc(=O)[nH]2)C1. The minimum absolute atomic E-state index is 0.189. The second-order valence-electron chi connectivity index (χ2n) is 5.51. The van der Waals surface area contributed by atoms with Crippen molar-refractivity contribution in [2.45, 2.75) is 39.2 Å². The zero-order valence-electron chi connectivity index (χ0n) is 10.2. The van der Waals surface area contributed by atoms with Crippen molar-refractivity contribution in [1.29, 1.82) is 0 Å². The van der Waals surface area contributed by atoms with Crippen LogP contribution in [0.5, 0.6) is 0 Å². The van der Waals surface area contributed by atoms with Crippen LogP contribution in [0.4, 0.5) is 0 Å². The van der Waals surface area contributed by atoms with Crippen LogP contribution >= 0.6 is 0 Å². The molecule has 4 heteroatoms. The van der Waals surface area contributed by atoms with Crippen molar-refractivity contribution in [3.8, 4) is 0 Å². The quantitative estimate of drug-likeness (QED) is 0.818. The van der Waals surface area contributed by atoms with Crippen LogP contribution in [0.3, 0.4) is 0 Å². The molecule has 1 amide bonds. The van der Waals surface area contributed by atoms with Gasteiger partial charge in [-0.05, 0) is 30.7 Å². The molecule has 1 fully saturated rings. The summed E-state index contributed by atoms with van der Waals surface area (Å²) in [6.07, 6.45) is 3.13. The molecular formula is C13H18N2O2. The highest BCUT2D eigenvalue weighted by atomic mass is 16.2. The predicted molar refractivity (Wildman–Crippen MR) is 65.9 cm³/mol. The van der Waals surface area contributed by atoms with Gasteiger partial charge >= 0.3 is 0 Å². The lowest BCUT2D eigenvalue weighted by Crippen LogP contribution is -2.34. The van der Waals surface area contributed by atoms with Gasteiger partial charge in [-0.1, -0.05) is 19.9 Å². The molecule has 1 aromatic heterocycles. The van der Waals surface area contributed by atoms with Gasteiger partial charge in [0.25, 0.3) is 5.91 Å². The first-order chi connectivity index (χ1) is 7.96. The van der Waals surface area contributed by atoms with Gasteiger partial charge in [0.15, 0.2) is 0 Å². The fourth-order valence-electron chi connectivity index (χ4n) is 2.40. The minimum Gasteiger partial charge on any atom is -0.348 e. The molecule has 1 saturated carbocycles. The number of hydrogen-bond donors (Lipinski definition) is 2. The second-order valence-corrected chi connectivity index (χ2v) is 5.51. The summed E-state index contributed by atoms with van der Waals surface area (Å²) in [4.78, 5) is 25.5. The van der Waals surface area contributed by atoms with Crippen LogP contribution < -0.4 is 10.9 Å². The normalized spacial score (nSPS) is 22.4. The molecule has 1 aliphatic carbocycles. The van der Waals surface area contributed by atoms with Crippen LogP contribution in [-0.4, -0.2) is 16.9 Å². The van der Waals surface area contributed by atoms with Gasteiger partial charge in [-0.15, -0.1) is 0 Å². The van der Waals surface area contributed by atoms with E-state index in [2.05, 4.69) is 24.1 Å². The van der Waals surface area contributed by atoms with E-state index in [4.69, 9.17) is 0 Å². The Hall–Kier alpha value is -1.58. The Labute approximate surface area is 100 Å². The molecule has 1 heterocycles. The number of amides is 1. The standard InChI is InChI=1S/C13H18N2O2/c1-13(2)7-6-9(8-13)14-12(17)10-4-3-5-11(16)15-10/h3-5,9H,6-8H2,1-2H3,(H,14,17)(H,15,16). The maximum Gasteiger partial charge on any atom is 0.268 e. The molecule has 0 aliphatic heterocycles. The summed E-state index contributed by atoms with van der Waals surface area (Å²) < 4.78 is 0. The zero-order chi connectivity index (χ0) is 12.5. The summed E-state index contributed by atoms with van der Waals surface area (Å²) in [7, 11) is 0.